The van der Waals surface area contributed by atoms with Gasteiger partial charge >= 0.3 is 5.97 Å². The molecule has 0 rings (SSSR count). The summed E-state index contributed by atoms with van der Waals surface area (Å²) in [6.45, 7) is 0. The summed E-state index contributed by atoms with van der Waals surface area (Å²) in [6, 6.07) is 0. The van der Waals surface area contributed by atoms with Crippen molar-refractivity contribution in [3.63, 3.8) is 0 Å². The van der Waals surface area contributed by atoms with Crippen molar-refractivity contribution in [2.75, 3.05) is 5.88 Å². The first kappa shape index (κ1) is 15.0. The number of esters is 1. The molecule has 0 aromatic rings. The van der Waals surface area contributed by atoms with Crippen LogP contribution in [0.3, 0.4) is 0 Å². The van der Waals surface area contributed by atoms with E-state index in [0.29, 0.717) is 0 Å². The van der Waals surface area contributed by atoms with Crippen LogP contribution in [0, 0.1) is 5.92 Å². The lowest BCUT2D eigenvalue weighted by Crippen LogP contribution is -2.31. The molecule has 2 atom stereocenters. The number of hydrogen-bond acceptors (Lipinski definition) is 4. The minimum absolute atomic E-state index is 0.119. The van der Waals surface area contributed by atoms with Gasteiger partial charge in [0.2, 0.25) is 5.56 Å². The van der Waals surface area contributed by atoms with Crippen molar-refractivity contribution in [1.82, 2.24) is 0 Å². The van der Waals surface area contributed by atoms with Crippen LogP contribution in [0.2, 0.25) is 0 Å². The molecule has 8 heteroatoms. The van der Waals surface area contributed by atoms with Gasteiger partial charge in [0.1, 0.15) is 6.29 Å². The molecule has 0 aromatic carbocycles. The minimum atomic E-state index is -1.59. The van der Waals surface area contributed by atoms with Gasteiger partial charge in [0, 0.05) is 0 Å². The lowest BCUT2D eigenvalue weighted by atomic mass is 10.1. The Balaban J connectivity index is 4.41. The summed E-state index contributed by atoms with van der Waals surface area (Å²) in [6.07, 6.45) is 0.119. The average Bonchev–Trinajstić information content (AvgIpc) is 2.18. The highest BCUT2D eigenvalue weighted by Crippen LogP contribution is 2.17. The van der Waals surface area contributed by atoms with Crippen molar-refractivity contribution in [3.8, 4) is 0 Å². The van der Waals surface area contributed by atoms with E-state index < -0.39 is 33.9 Å². The zero-order valence-corrected chi connectivity index (χ0v) is 10.2. The number of carbonyl (C=O) groups is 3. The van der Waals surface area contributed by atoms with E-state index in [1.807, 2.05) is 0 Å². The molecule has 2 unspecified atom stereocenters. The van der Waals surface area contributed by atoms with Gasteiger partial charge in [0.15, 0.2) is 16.5 Å². The van der Waals surface area contributed by atoms with Gasteiger partial charge < -0.3 is 9.53 Å². The van der Waals surface area contributed by atoms with Crippen molar-refractivity contribution in [1.29, 1.82) is 0 Å². The summed E-state index contributed by atoms with van der Waals surface area (Å²) in [4.78, 5) is 31.4. The number of aldehydes is 1. The van der Waals surface area contributed by atoms with Gasteiger partial charge in [0.05, 0.1) is 5.88 Å². The van der Waals surface area contributed by atoms with E-state index in [4.69, 9.17) is 46.4 Å². The molecule has 0 aliphatic heterocycles. The third-order valence-electron chi connectivity index (χ3n) is 1.30. The SMILES string of the molecule is O=CC(C(=O)CCl)C(=O)OC(Cl)C(Cl)Cl. The molecule has 0 spiro atoms. The number of ketones is 1. The Morgan fingerprint density at radius 1 is 1.27 bits per heavy atom. The van der Waals surface area contributed by atoms with E-state index in [9.17, 15) is 14.4 Å². The van der Waals surface area contributed by atoms with E-state index in [0.717, 1.165) is 0 Å². The quantitative estimate of drug-likeness (QED) is 0.323. The largest absolute Gasteiger partial charge is 0.442 e. The Hall–Kier alpha value is -0.0300. The summed E-state index contributed by atoms with van der Waals surface area (Å²) in [5.41, 5.74) is -1.33. The van der Waals surface area contributed by atoms with Gasteiger partial charge in [-0.3, -0.25) is 9.59 Å². The van der Waals surface area contributed by atoms with Crippen LogP contribution in [-0.2, 0) is 19.1 Å². The van der Waals surface area contributed by atoms with Gasteiger partial charge in [-0.1, -0.05) is 34.8 Å². The average molecular weight is 296 g/mol. The van der Waals surface area contributed by atoms with Crippen LogP contribution in [-0.4, -0.2) is 34.3 Å². The fourth-order valence-corrected chi connectivity index (χ4v) is 0.939. The molecule has 15 heavy (non-hydrogen) atoms. The first-order valence-corrected chi connectivity index (χ1v) is 5.45. The standard InChI is InChI=1S/C7H6Cl4O4/c8-1-4(13)3(2-12)7(14)15-6(11)5(9)10/h2-3,5-6H,1H2. The van der Waals surface area contributed by atoms with E-state index in [1.54, 1.807) is 0 Å². The van der Waals surface area contributed by atoms with Gasteiger partial charge in [-0.2, -0.15) is 0 Å². The van der Waals surface area contributed by atoms with E-state index in [-0.39, 0.29) is 6.29 Å². The Morgan fingerprint density at radius 3 is 2.13 bits per heavy atom. The van der Waals surface area contributed by atoms with Crippen LogP contribution in [0.4, 0.5) is 0 Å². The van der Waals surface area contributed by atoms with Crippen molar-refractivity contribution in [2.24, 2.45) is 5.92 Å². The van der Waals surface area contributed by atoms with Gasteiger partial charge in [-0.05, 0) is 0 Å². The molecule has 0 bridgehead atoms. The molecule has 0 aromatic heterocycles. The molecule has 0 amide bonds. The zero-order chi connectivity index (χ0) is 12.0. The molecule has 86 valence electrons. The minimum Gasteiger partial charge on any atom is -0.442 e. The van der Waals surface area contributed by atoms with Crippen LogP contribution in [0.5, 0.6) is 0 Å². The molecule has 0 N–H and O–H groups in total. The summed E-state index contributed by atoms with van der Waals surface area (Å²) >= 11 is 21.1. The Bertz CT molecular complexity index is 255. The maximum Gasteiger partial charge on any atom is 0.325 e. The van der Waals surface area contributed by atoms with Crippen LogP contribution in [0.25, 0.3) is 0 Å². The van der Waals surface area contributed by atoms with Gasteiger partial charge in [0.25, 0.3) is 0 Å². The van der Waals surface area contributed by atoms with Crippen LogP contribution >= 0.6 is 46.4 Å². The number of alkyl halides is 4. The van der Waals surface area contributed by atoms with Crippen molar-refractivity contribution < 1.29 is 19.1 Å². The van der Waals surface area contributed by atoms with Gasteiger partial charge in [-0.15, -0.1) is 11.6 Å². The first-order valence-electron chi connectivity index (χ1n) is 3.60. The van der Waals surface area contributed by atoms with E-state index in [1.165, 1.54) is 0 Å². The zero-order valence-electron chi connectivity index (χ0n) is 7.16. The lowest BCUT2D eigenvalue weighted by Gasteiger charge is -2.13. The van der Waals surface area contributed by atoms with Crippen LogP contribution < -0.4 is 0 Å². The molecule has 0 saturated heterocycles. The molecular formula is C7H6Cl4O4. The molecule has 0 heterocycles. The lowest BCUT2D eigenvalue weighted by molar-refractivity contribution is -0.153. The molecule has 0 radical (unpaired) electrons. The van der Waals surface area contributed by atoms with Crippen LogP contribution in [0.1, 0.15) is 0 Å². The molecule has 4 nitrogen and oxygen atoms in total. The highest BCUT2D eigenvalue weighted by atomic mass is 35.5. The molecule has 0 aliphatic carbocycles. The second kappa shape index (κ2) is 7.28. The monoisotopic (exact) mass is 294 g/mol. The van der Waals surface area contributed by atoms with Crippen molar-refractivity contribution in [2.45, 2.75) is 10.4 Å². The van der Waals surface area contributed by atoms with Crippen molar-refractivity contribution >= 4 is 64.4 Å². The number of Topliss-reactive ketones (excluding diaryl/α,β-unsaturated/α-hetero) is 1. The Morgan fingerprint density at radius 2 is 1.80 bits per heavy atom. The second-order valence-corrected chi connectivity index (χ2v) is 4.20. The number of rotatable bonds is 6. The highest BCUT2D eigenvalue weighted by molar-refractivity contribution is 6.48. The third-order valence-corrected chi connectivity index (χ3v) is 2.62. The predicted molar refractivity (Wildman–Crippen MR) is 56.5 cm³/mol. The van der Waals surface area contributed by atoms with Crippen LogP contribution in [0.15, 0.2) is 0 Å². The molecular weight excluding hydrogens is 290 g/mol. The fourth-order valence-electron chi connectivity index (χ4n) is 0.582. The molecule has 0 saturated carbocycles. The first-order chi connectivity index (χ1) is 6.93. The number of ether oxygens (including phenoxy) is 1. The summed E-state index contributed by atoms with van der Waals surface area (Å²) in [5, 5.41) is 0. The number of carbonyl (C=O) groups excluding carboxylic acids is 3. The fraction of sp³-hybridized carbons (Fsp3) is 0.571. The number of hydrogen-bond donors (Lipinski definition) is 0. The predicted octanol–water partition coefficient (Wildman–Crippen LogP) is 1.52. The summed E-state index contributed by atoms with van der Waals surface area (Å²) < 4.78 is 4.44. The van der Waals surface area contributed by atoms with E-state index in [2.05, 4.69) is 4.74 Å². The topological polar surface area (TPSA) is 60.4 Å². The summed E-state index contributed by atoms with van der Waals surface area (Å²) in [7, 11) is 0. The smallest absolute Gasteiger partial charge is 0.325 e. The van der Waals surface area contributed by atoms with E-state index >= 15 is 0 Å². The Labute approximate surface area is 106 Å². The highest BCUT2D eigenvalue weighted by Gasteiger charge is 2.30. The Kier molecular flexibility index (Phi) is 7.26. The summed E-state index contributed by atoms with van der Waals surface area (Å²) in [5.74, 6) is -3.96. The maximum atomic E-state index is 11.2. The third kappa shape index (κ3) is 5.02. The molecule has 0 fully saturated rings. The second-order valence-electron chi connectivity index (χ2n) is 2.34. The van der Waals surface area contributed by atoms with Crippen molar-refractivity contribution in [3.05, 3.63) is 0 Å². The number of halogens is 4. The normalized spacial score (nSPS) is 14.5. The van der Waals surface area contributed by atoms with Gasteiger partial charge in [-0.25, -0.2) is 0 Å². The molecule has 0 aliphatic rings. The maximum absolute atomic E-state index is 11.2.